The molecule has 3 rings (SSSR count). The summed E-state index contributed by atoms with van der Waals surface area (Å²) >= 11 is 0. The third-order valence-corrected chi connectivity index (χ3v) is 4.77. The summed E-state index contributed by atoms with van der Waals surface area (Å²) in [6, 6.07) is 17.4. The number of ether oxygens (including phenoxy) is 1. The Bertz CT molecular complexity index is 697. The molecule has 1 atom stereocenters. The van der Waals surface area contributed by atoms with Gasteiger partial charge in [-0.15, -0.1) is 0 Å². The van der Waals surface area contributed by atoms with Crippen molar-refractivity contribution in [1.82, 2.24) is 4.90 Å². The Morgan fingerprint density at radius 2 is 1.68 bits per heavy atom. The van der Waals surface area contributed by atoms with Crippen molar-refractivity contribution in [2.75, 3.05) is 38.2 Å². The second kappa shape index (κ2) is 8.03. The number of rotatable bonds is 6. The molecule has 1 unspecified atom stereocenters. The Morgan fingerprint density at radius 1 is 1.04 bits per heavy atom. The molecule has 2 aromatic carbocycles. The standard InChI is InChI=1S/C20H24N2O3/c1-25-19-10-6-5-7-16(19)15-18(20(23)24)22-13-11-21(12-14-22)17-8-3-2-4-9-17/h2-10,18H,11-15H2,1H3,(H,23,24). The van der Waals surface area contributed by atoms with E-state index in [1.165, 1.54) is 5.69 Å². The van der Waals surface area contributed by atoms with Gasteiger partial charge in [-0.2, -0.15) is 0 Å². The number of carbonyl (C=O) groups is 1. The number of piperazine rings is 1. The number of para-hydroxylation sites is 2. The molecule has 1 saturated heterocycles. The Hall–Kier alpha value is -2.53. The maximum Gasteiger partial charge on any atom is 0.321 e. The minimum atomic E-state index is -0.779. The predicted molar refractivity (Wildman–Crippen MR) is 98.3 cm³/mol. The summed E-state index contributed by atoms with van der Waals surface area (Å²) < 4.78 is 5.37. The van der Waals surface area contributed by atoms with Crippen molar-refractivity contribution < 1.29 is 14.6 Å². The summed E-state index contributed by atoms with van der Waals surface area (Å²) in [7, 11) is 1.62. The summed E-state index contributed by atoms with van der Waals surface area (Å²) in [6.07, 6.45) is 0.449. The van der Waals surface area contributed by atoms with Gasteiger partial charge in [-0.3, -0.25) is 9.69 Å². The smallest absolute Gasteiger partial charge is 0.321 e. The monoisotopic (exact) mass is 340 g/mol. The van der Waals surface area contributed by atoms with Crippen LogP contribution in [-0.2, 0) is 11.2 Å². The molecule has 132 valence electrons. The molecule has 25 heavy (non-hydrogen) atoms. The van der Waals surface area contributed by atoms with Crippen LogP contribution in [0.4, 0.5) is 5.69 Å². The molecule has 0 saturated carbocycles. The number of hydrogen-bond acceptors (Lipinski definition) is 4. The largest absolute Gasteiger partial charge is 0.496 e. The number of methoxy groups -OCH3 is 1. The highest BCUT2D eigenvalue weighted by Crippen LogP contribution is 2.22. The van der Waals surface area contributed by atoms with Crippen molar-refractivity contribution in [3.63, 3.8) is 0 Å². The van der Waals surface area contributed by atoms with E-state index in [4.69, 9.17) is 4.74 Å². The van der Waals surface area contributed by atoms with Gasteiger partial charge in [-0.1, -0.05) is 36.4 Å². The summed E-state index contributed by atoms with van der Waals surface area (Å²) in [5.74, 6) is -0.0317. The van der Waals surface area contributed by atoms with Crippen molar-refractivity contribution in [1.29, 1.82) is 0 Å². The third kappa shape index (κ3) is 4.12. The van der Waals surface area contributed by atoms with Crippen LogP contribution in [0.15, 0.2) is 54.6 Å². The highest BCUT2D eigenvalue weighted by atomic mass is 16.5. The number of carboxylic acids is 1. The molecule has 0 spiro atoms. The van der Waals surface area contributed by atoms with Crippen LogP contribution in [0, 0.1) is 0 Å². The van der Waals surface area contributed by atoms with Crippen LogP contribution < -0.4 is 9.64 Å². The van der Waals surface area contributed by atoms with Crippen LogP contribution in [0.1, 0.15) is 5.56 Å². The molecular formula is C20H24N2O3. The first-order chi connectivity index (χ1) is 12.2. The molecule has 1 N–H and O–H groups in total. The van der Waals surface area contributed by atoms with Crippen molar-refractivity contribution >= 4 is 11.7 Å². The van der Waals surface area contributed by atoms with Crippen LogP contribution in [0.2, 0.25) is 0 Å². The molecule has 0 radical (unpaired) electrons. The summed E-state index contributed by atoms with van der Waals surface area (Å²) in [5, 5.41) is 9.74. The van der Waals surface area contributed by atoms with E-state index in [1.807, 2.05) is 42.5 Å². The van der Waals surface area contributed by atoms with E-state index in [1.54, 1.807) is 7.11 Å². The zero-order chi connectivity index (χ0) is 17.6. The van der Waals surface area contributed by atoms with Crippen molar-refractivity contribution in [2.24, 2.45) is 0 Å². The Morgan fingerprint density at radius 3 is 2.32 bits per heavy atom. The van der Waals surface area contributed by atoms with Gasteiger partial charge in [0.2, 0.25) is 0 Å². The quantitative estimate of drug-likeness (QED) is 0.876. The van der Waals surface area contributed by atoms with E-state index in [-0.39, 0.29) is 0 Å². The van der Waals surface area contributed by atoms with Crippen LogP contribution in [0.25, 0.3) is 0 Å². The average Bonchev–Trinajstić information content (AvgIpc) is 2.67. The lowest BCUT2D eigenvalue weighted by molar-refractivity contribution is -0.143. The number of anilines is 1. The lowest BCUT2D eigenvalue weighted by Crippen LogP contribution is -2.53. The third-order valence-electron chi connectivity index (χ3n) is 4.77. The SMILES string of the molecule is COc1ccccc1CC(C(=O)O)N1CCN(c2ccccc2)CC1. The van der Waals surface area contributed by atoms with E-state index in [9.17, 15) is 9.90 Å². The molecule has 1 aliphatic rings. The van der Waals surface area contributed by atoms with Crippen LogP contribution in [0.3, 0.4) is 0 Å². The Balaban J connectivity index is 1.67. The maximum atomic E-state index is 11.9. The molecule has 0 aromatic heterocycles. The molecule has 1 aliphatic heterocycles. The van der Waals surface area contributed by atoms with Crippen LogP contribution in [-0.4, -0.2) is 55.3 Å². The fraction of sp³-hybridized carbons (Fsp3) is 0.350. The number of nitrogens with zero attached hydrogens (tertiary/aromatic N) is 2. The van der Waals surface area contributed by atoms with Gasteiger partial charge in [-0.05, 0) is 23.8 Å². The van der Waals surface area contributed by atoms with Gasteiger partial charge in [0.1, 0.15) is 11.8 Å². The first kappa shape index (κ1) is 17.3. The molecule has 2 aromatic rings. The van der Waals surface area contributed by atoms with E-state index < -0.39 is 12.0 Å². The molecular weight excluding hydrogens is 316 g/mol. The fourth-order valence-electron chi connectivity index (χ4n) is 3.38. The molecule has 0 amide bonds. The first-order valence-electron chi connectivity index (χ1n) is 8.58. The number of hydrogen-bond donors (Lipinski definition) is 1. The molecule has 0 bridgehead atoms. The highest BCUT2D eigenvalue weighted by Gasteiger charge is 2.29. The van der Waals surface area contributed by atoms with Gasteiger partial charge in [0, 0.05) is 38.3 Å². The van der Waals surface area contributed by atoms with Crippen molar-refractivity contribution in [2.45, 2.75) is 12.5 Å². The van der Waals surface area contributed by atoms with Gasteiger partial charge < -0.3 is 14.7 Å². The van der Waals surface area contributed by atoms with Gasteiger partial charge >= 0.3 is 5.97 Å². The first-order valence-corrected chi connectivity index (χ1v) is 8.58. The molecule has 1 fully saturated rings. The average molecular weight is 340 g/mol. The van der Waals surface area contributed by atoms with E-state index >= 15 is 0 Å². The molecule has 5 nitrogen and oxygen atoms in total. The summed E-state index contributed by atoms with van der Waals surface area (Å²) in [4.78, 5) is 16.2. The Kier molecular flexibility index (Phi) is 5.56. The molecule has 5 heteroatoms. The second-order valence-corrected chi connectivity index (χ2v) is 6.23. The zero-order valence-corrected chi connectivity index (χ0v) is 14.5. The fourth-order valence-corrected chi connectivity index (χ4v) is 3.38. The van der Waals surface area contributed by atoms with E-state index in [2.05, 4.69) is 21.9 Å². The zero-order valence-electron chi connectivity index (χ0n) is 14.5. The summed E-state index contributed by atoms with van der Waals surface area (Å²) in [6.45, 7) is 3.14. The number of benzene rings is 2. The minimum Gasteiger partial charge on any atom is -0.496 e. The van der Waals surface area contributed by atoms with Crippen LogP contribution in [0.5, 0.6) is 5.75 Å². The van der Waals surface area contributed by atoms with Crippen molar-refractivity contribution in [3.8, 4) is 5.75 Å². The van der Waals surface area contributed by atoms with Gasteiger partial charge in [0.25, 0.3) is 0 Å². The van der Waals surface area contributed by atoms with Gasteiger partial charge in [-0.25, -0.2) is 0 Å². The second-order valence-electron chi connectivity index (χ2n) is 6.23. The lowest BCUT2D eigenvalue weighted by Gasteiger charge is -2.39. The lowest BCUT2D eigenvalue weighted by atomic mass is 10.0. The molecule has 1 heterocycles. The minimum absolute atomic E-state index is 0.449. The van der Waals surface area contributed by atoms with Crippen LogP contribution >= 0.6 is 0 Å². The Labute approximate surface area is 148 Å². The van der Waals surface area contributed by atoms with Gasteiger partial charge in [0.05, 0.1) is 7.11 Å². The highest BCUT2D eigenvalue weighted by molar-refractivity contribution is 5.74. The topological polar surface area (TPSA) is 53.0 Å². The van der Waals surface area contributed by atoms with Crippen molar-refractivity contribution in [3.05, 3.63) is 60.2 Å². The molecule has 0 aliphatic carbocycles. The predicted octanol–water partition coefficient (Wildman–Crippen LogP) is 2.51. The summed E-state index contributed by atoms with van der Waals surface area (Å²) in [5.41, 5.74) is 2.13. The van der Waals surface area contributed by atoms with E-state index in [0.29, 0.717) is 6.42 Å². The number of carboxylic acid groups (broad SMARTS) is 1. The normalized spacial score (nSPS) is 16.4. The number of aliphatic carboxylic acids is 1. The van der Waals surface area contributed by atoms with Gasteiger partial charge in [0.15, 0.2) is 0 Å². The maximum absolute atomic E-state index is 11.9. The van der Waals surface area contributed by atoms with E-state index in [0.717, 1.165) is 37.5 Å².